The Labute approximate surface area is 109 Å². The molecule has 106 valence electrons. The lowest BCUT2D eigenvalue weighted by molar-refractivity contribution is -0.529. The van der Waals surface area contributed by atoms with Crippen molar-refractivity contribution in [2.45, 2.75) is 70.6 Å². The minimum atomic E-state index is -0.576. The highest BCUT2D eigenvalue weighted by molar-refractivity contribution is 4.59. The first kappa shape index (κ1) is 15.4. The zero-order valence-electron chi connectivity index (χ0n) is 11.3. The molecule has 0 saturated carbocycles. The topological polar surface area (TPSA) is 61.6 Å². The maximum atomic E-state index is 10.9. The number of hydrogen-bond donors (Lipinski definition) is 0. The summed E-state index contributed by atoms with van der Waals surface area (Å²) < 4.78 is 10.9. The van der Waals surface area contributed by atoms with Gasteiger partial charge in [-0.25, -0.2) is 0 Å². The Morgan fingerprint density at radius 2 is 2.22 bits per heavy atom. The molecule has 0 aromatic heterocycles. The predicted molar refractivity (Wildman–Crippen MR) is 69.1 cm³/mol. The van der Waals surface area contributed by atoms with Crippen LogP contribution in [0, 0.1) is 10.1 Å². The van der Waals surface area contributed by atoms with Gasteiger partial charge in [-0.2, -0.15) is 0 Å². The van der Waals surface area contributed by atoms with E-state index in [2.05, 4.69) is 6.92 Å². The molecule has 1 rings (SSSR count). The molecule has 1 saturated heterocycles. The fraction of sp³-hybridized carbons (Fsp3) is 1.00. The highest BCUT2D eigenvalue weighted by Crippen LogP contribution is 2.15. The number of rotatable bonds is 9. The van der Waals surface area contributed by atoms with Gasteiger partial charge in [0.15, 0.2) is 6.29 Å². The molecule has 0 radical (unpaired) electrons. The number of nitrogens with zero attached hydrogens (tertiary/aromatic N) is 1. The van der Waals surface area contributed by atoms with E-state index in [9.17, 15) is 10.1 Å². The van der Waals surface area contributed by atoms with E-state index in [4.69, 9.17) is 9.47 Å². The molecule has 0 N–H and O–H groups in total. The van der Waals surface area contributed by atoms with Crippen LogP contribution < -0.4 is 0 Å². The first-order valence-corrected chi connectivity index (χ1v) is 7.10. The van der Waals surface area contributed by atoms with Crippen LogP contribution in [0.1, 0.15) is 58.3 Å². The summed E-state index contributed by atoms with van der Waals surface area (Å²) in [5.41, 5.74) is 0. The van der Waals surface area contributed by atoms with Crippen molar-refractivity contribution in [1.82, 2.24) is 0 Å². The third kappa shape index (κ3) is 6.31. The van der Waals surface area contributed by atoms with Gasteiger partial charge in [0.25, 0.3) is 0 Å². The van der Waals surface area contributed by atoms with Gasteiger partial charge < -0.3 is 9.47 Å². The average Bonchev–Trinajstić information content (AvgIpc) is 2.38. The van der Waals surface area contributed by atoms with E-state index >= 15 is 0 Å². The molecular formula is C13H25NO4. The number of nitro groups is 1. The molecule has 0 amide bonds. The zero-order chi connectivity index (χ0) is 13.2. The molecule has 1 fully saturated rings. The van der Waals surface area contributed by atoms with Gasteiger partial charge in [-0.1, -0.05) is 26.2 Å². The van der Waals surface area contributed by atoms with Crippen LogP contribution in [0.25, 0.3) is 0 Å². The van der Waals surface area contributed by atoms with Crippen molar-refractivity contribution in [2.24, 2.45) is 0 Å². The van der Waals surface area contributed by atoms with Crippen LogP contribution in [0.5, 0.6) is 0 Å². The van der Waals surface area contributed by atoms with E-state index in [1.165, 1.54) is 0 Å². The Morgan fingerprint density at radius 3 is 2.83 bits per heavy atom. The molecule has 18 heavy (non-hydrogen) atoms. The van der Waals surface area contributed by atoms with Gasteiger partial charge in [0.1, 0.15) is 6.61 Å². The lowest BCUT2D eigenvalue weighted by Gasteiger charge is -2.23. The smallest absolute Gasteiger partial charge is 0.236 e. The van der Waals surface area contributed by atoms with Crippen LogP contribution in [0.4, 0.5) is 0 Å². The molecule has 1 heterocycles. The van der Waals surface area contributed by atoms with Crippen LogP contribution in [0.2, 0.25) is 0 Å². The molecule has 5 nitrogen and oxygen atoms in total. The Balaban J connectivity index is 2.17. The Hall–Kier alpha value is -0.680. The summed E-state index contributed by atoms with van der Waals surface area (Å²) >= 11 is 0. The minimum absolute atomic E-state index is 0.184. The Morgan fingerprint density at radius 1 is 1.39 bits per heavy atom. The molecule has 1 aliphatic rings. The van der Waals surface area contributed by atoms with Gasteiger partial charge in [0.05, 0.1) is 0 Å². The Bertz CT molecular complexity index is 229. The number of hydrogen-bond acceptors (Lipinski definition) is 4. The molecular weight excluding hydrogens is 234 g/mol. The highest BCUT2D eigenvalue weighted by Gasteiger charge is 2.23. The molecule has 0 bridgehead atoms. The van der Waals surface area contributed by atoms with E-state index in [0.717, 1.165) is 44.9 Å². The lowest BCUT2D eigenvalue weighted by atomic mass is 10.1. The highest BCUT2D eigenvalue weighted by atomic mass is 16.7. The fourth-order valence-electron chi connectivity index (χ4n) is 2.12. The summed E-state index contributed by atoms with van der Waals surface area (Å²) in [6.45, 7) is 3.03. The summed E-state index contributed by atoms with van der Waals surface area (Å²) in [6.07, 6.45) is 7.68. The van der Waals surface area contributed by atoms with Gasteiger partial charge >= 0.3 is 0 Å². The van der Waals surface area contributed by atoms with Crippen molar-refractivity contribution in [3.8, 4) is 0 Å². The summed E-state index contributed by atoms with van der Waals surface area (Å²) in [7, 11) is 0. The largest absolute Gasteiger partial charge is 0.353 e. The van der Waals surface area contributed by atoms with Gasteiger partial charge in [-0.05, 0) is 25.7 Å². The standard InChI is InChI=1S/C13H25NO4/c1-2-3-4-5-8-12(14(15)16)11-18-13-9-6-7-10-17-13/h12-13H,2-11H2,1H3. The third-order valence-electron chi connectivity index (χ3n) is 3.30. The fourth-order valence-corrected chi connectivity index (χ4v) is 2.12. The van der Waals surface area contributed by atoms with Crippen molar-refractivity contribution in [1.29, 1.82) is 0 Å². The van der Waals surface area contributed by atoms with E-state index in [0.29, 0.717) is 13.0 Å². The van der Waals surface area contributed by atoms with Crippen LogP contribution in [-0.2, 0) is 9.47 Å². The second-order valence-electron chi connectivity index (χ2n) is 4.92. The molecule has 0 spiro atoms. The summed E-state index contributed by atoms with van der Waals surface area (Å²) in [5, 5.41) is 10.9. The molecule has 0 aromatic rings. The predicted octanol–water partition coefficient (Wildman–Crippen LogP) is 3.15. The monoisotopic (exact) mass is 259 g/mol. The SMILES string of the molecule is CCCCCCC(COC1CCCCO1)[N+](=O)[O-]. The van der Waals surface area contributed by atoms with E-state index < -0.39 is 6.04 Å². The third-order valence-corrected chi connectivity index (χ3v) is 3.30. The van der Waals surface area contributed by atoms with Crippen LogP contribution in [-0.4, -0.2) is 30.5 Å². The summed E-state index contributed by atoms with van der Waals surface area (Å²) in [4.78, 5) is 10.7. The molecule has 1 aliphatic heterocycles. The quantitative estimate of drug-likeness (QED) is 0.362. The first-order chi connectivity index (χ1) is 8.74. The van der Waals surface area contributed by atoms with Gasteiger partial charge in [-0.3, -0.25) is 10.1 Å². The molecule has 0 aliphatic carbocycles. The molecule has 0 aromatic carbocycles. The van der Waals surface area contributed by atoms with Crippen molar-refractivity contribution >= 4 is 0 Å². The van der Waals surface area contributed by atoms with E-state index in [-0.39, 0.29) is 17.8 Å². The minimum Gasteiger partial charge on any atom is -0.353 e. The summed E-state index contributed by atoms with van der Waals surface area (Å²) in [5.74, 6) is 0. The van der Waals surface area contributed by atoms with Crippen molar-refractivity contribution in [3.63, 3.8) is 0 Å². The molecule has 2 atom stereocenters. The zero-order valence-corrected chi connectivity index (χ0v) is 11.3. The van der Waals surface area contributed by atoms with Crippen LogP contribution in [0.15, 0.2) is 0 Å². The maximum absolute atomic E-state index is 10.9. The lowest BCUT2D eigenvalue weighted by Crippen LogP contribution is -2.31. The van der Waals surface area contributed by atoms with Gasteiger partial charge in [0, 0.05) is 18.0 Å². The number of unbranched alkanes of at least 4 members (excludes halogenated alkanes) is 3. The Kier molecular flexibility index (Phi) is 7.93. The van der Waals surface area contributed by atoms with Crippen LogP contribution >= 0.6 is 0 Å². The van der Waals surface area contributed by atoms with Crippen molar-refractivity contribution in [2.75, 3.05) is 13.2 Å². The second kappa shape index (κ2) is 9.28. The summed E-state index contributed by atoms with van der Waals surface area (Å²) in [6, 6.07) is -0.576. The molecule has 5 heteroatoms. The average molecular weight is 259 g/mol. The maximum Gasteiger partial charge on any atom is 0.236 e. The van der Waals surface area contributed by atoms with E-state index in [1.54, 1.807) is 0 Å². The van der Waals surface area contributed by atoms with Gasteiger partial charge in [0.2, 0.25) is 6.04 Å². The second-order valence-corrected chi connectivity index (χ2v) is 4.92. The van der Waals surface area contributed by atoms with Crippen molar-refractivity contribution < 1.29 is 14.4 Å². The van der Waals surface area contributed by atoms with Crippen LogP contribution in [0.3, 0.4) is 0 Å². The van der Waals surface area contributed by atoms with Crippen molar-refractivity contribution in [3.05, 3.63) is 10.1 Å². The number of ether oxygens (including phenoxy) is 2. The van der Waals surface area contributed by atoms with E-state index in [1.807, 2.05) is 0 Å². The van der Waals surface area contributed by atoms with Gasteiger partial charge in [-0.15, -0.1) is 0 Å². The normalized spacial score (nSPS) is 21.7. The molecule has 2 unspecified atom stereocenters. The first-order valence-electron chi connectivity index (χ1n) is 7.10.